The van der Waals surface area contributed by atoms with Crippen molar-refractivity contribution in [2.45, 2.75) is 6.36 Å². The predicted octanol–water partition coefficient (Wildman–Crippen LogP) is 2.36. The highest BCUT2D eigenvalue weighted by Gasteiger charge is 2.30. The predicted molar refractivity (Wildman–Crippen MR) is 91.2 cm³/mol. The molecule has 0 saturated heterocycles. The number of nitrogens with one attached hydrogen (secondary N) is 1. The zero-order valence-electron chi connectivity index (χ0n) is 14.5. The fourth-order valence-electron chi connectivity index (χ4n) is 2.18. The van der Waals surface area contributed by atoms with Gasteiger partial charge >= 0.3 is 12.3 Å². The summed E-state index contributed by atoms with van der Waals surface area (Å²) in [5.74, 6) is -1.81. The number of nitrogens with zero attached hydrogens (tertiary/aromatic N) is 4. The maximum Gasteiger partial charge on any atom is 0.573 e. The summed E-state index contributed by atoms with van der Waals surface area (Å²) in [6.45, 7) is -0.575. The lowest BCUT2D eigenvalue weighted by Gasteiger charge is -2.10. The number of rotatable bonds is 6. The highest BCUT2D eigenvalue weighted by Crippen LogP contribution is 2.23. The quantitative estimate of drug-likeness (QED) is 0.625. The Morgan fingerprint density at radius 1 is 1.03 bits per heavy atom. The molecule has 1 aromatic heterocycles. The molecule has 3 aromatic rings. The number of alkyl halides is 3. The van der Waals surface area contributed by atoms with Gasteiger partial charge < -0.3 is 14.8 Å². The van der Waals surface area contributed by atoms with Gasteiger partial charge in [-0.1, -0.05) is 0 Å². The van der Waals surface area contributed by atoms with E-state index in [4.69, 9.17) is 4.74 Å². The summed E-state index contributed by atoms with van der Waals surface area (Å²) in [5, 5.41) is 13.1. The summed E-state index contributed by atoms with van der Waals surface area (Å²) in [7, 11) is 0. The van der Waals surface area contributed by atoms with Gasteiger partial charge in [0.1, 0.15) is 12.1 Å². The summed E-state index contributed by atoms with van der Waals surface area (Å²) in [6.07, 6.45) is -3.41. The minimum atomic E-state index is -4.80. The van der Waals surface area contributed by atoms with Crippen molar-refractivity contribution in [2.24, 2.45) is 0 Å². The highest BCUT2D eigenvalue weighted by molar-refractivity contribution is 5.95. The van der Waals surface area contributed by atoms with Crippen molar-refractivity contribution >= 4 is 17.6 Å². The first kappa shape index (κ1) is 19.8. The fourth-order valence-corrected chi connectivity index (χ4v) is 2.18. The van der Waals surface area contributed by atoms with Gasteiger partial charge in [0.05, 0.1) is 11.3 Å². The van der Waals surface area contributed by atoms with Crippen molar-refractivity contribution in [2.75, 3.05) is 11.9 Å². The van der Waals surface area contributed by atoms with E-state index in [-0.39, 0.29) is 11.3 Å². The molecule has 0 unspecified atom stereocenters. The molecule has 0 bridgehead atoms. The summed E-state index contributed by atoms with van der Waals surface area (Å²) in [5.41, 5.74) is 1.05. The number of ether oxygens (including phenoxy) is 2. The van der Waals surface area contributed by atoms with Gasteiger partial charge in [0, 0.05) is 5.69 Å². The van der Waals surface area contributed by atoms with Crippen LogP contribution in [0.5, 0.6) is 5.75 Å². The molecule has 0 aliphatic carbocycles. The number of esters is 1. The normalized spacial score (nSPS) is 11.0. The van der Waals surface area contributed by atoms with Crippen LogP contribution in [0.3, 0.4) is 0 Å². The molecule has 2 aromatic carbocycles. The number of tetrazole rings is 1. The summed E-state index contributed by atoms with van der Waals surface area (Å²) in [4.78, 5) is 23.9. The fraction of sp³-hybridized carbons (Fsp3) is 0.118. The number of anilines is 1. The van der Waals surface area contributed by atoms with E-state index in [0.29, 0.717) is 5.69 Å². The van der Waals surface area contributed by atoms with Crippen LogP contribution in [-0.2, 0) is 9.53 Å². The van der Waals surface area contributed by atoms with Crippen LogP contribution in [0.2, 0.25) is 0 Å². The molecule has 1 amide bonds. The van der Waals surface area contributed by atoms with Crippen LogP contribution in [0.25, 0.3) is 5.69 Å². The first-order chi connectivity index (χ1) is 13.8. The first-order valence-corrected chi connectivity index (χ1v) is 7.96. The molecule has 0 aliphatic rings. The Morgan fingerprint density at radius 3 is 2.31 bits per heavy atom. The molecule has 150 valence electrons. The molecule has 0 aliphatic heterocycles. The minimum Gasteiger partial charge on any atom is -0.452 e. The van der Waals surface area contributed by atoms with Crippen LogP contribution in [0.4, 0.5) is 18.9 Å². The lowest BCUT2D eigenvalue weighted by molar-refractivity contribution is -0.274. The molecule has 0 atom stereocenters. The van der Waals surface area contributed by atoms with Crippen molar-refractivity contribution in [3.05, 3.63) is 60.4 Å². The number of hydrogen-bond donors (Lipinski definition) is 1. The van der Waals surface area contributed by atoms with Crippen LogP contribution >= 0.6 is 0 Å². The van der Waals surface area contributed by atoms with Crippen molar-refractivity contribution in [1.29, 1.82) is 0 Å². The van der Waals surface area contributed by atoms with E-state index in [0.717, 1.165) is 12.1 Å². The zero-order chi connectivity index (χ0) is 20.9. The number of amides is 1. The Bertz CT molecular complexity index is 974. The third-order valence-electron chi connectivity index (χ3n) is 3.42. The van der Waals surface area contributed by atoms with Gasteiger partial charge in [-0.25, -0.2) is 9.48 Å². The Balaban J connectivity index is 1.49. The molecular formula is C17H12F3N5O4. The van der Waals surface area contributed by atoms with E-state index in [1.54, 1.807) is 12.1 Å². The SMILES string of the molecule is O=C(COC(=O)c1ccc(-n2cnnn2)cc1)Nc1ccc(OC(F)(F)F)cc1. The van der Waals surface area contributed by atoms with E-state index in [9.17, 15) is 22.8 Å². The van der Waals surface area contributed by atoms with Gasteiger partial charge in [0.25, 0.3) is 5.91 Å². The summed E-state index contributed by atoms with van der Waals surface area (Å²) < 4.78 is 46.4. The van der Waals surface area contributed by atoms with Crippen LogP contribution < -0.4 is 10.1 Å². The first-order valence-electron chi connectivity index (χ1n) is 7.96. The van der Waals surface area contributed by atoms with Crippen LogP contribution in [-0.4, -0.2) is 45.1 Å². The van der Waals surface area contributed by atoms with Crippen LogP contribution in [0.15, 0.2) is 54.9 Å². The Kier molecular flexibility index (Phi) is 5.71. The third kappa shape index (κ3) is 5.76. The smallest absolute Gasteiger partial charge is 0.452 e. The number of carbonyl (C=O) groups is 2. The number of hydrogen-bond acceptors (Lipinski definition) is 7. The van der Waals surface area contributed by atoms with Gasteiger partial charge in [0.2, 0.25) is 0 Å². The third-order valence-corrected chi connectivity index (χ3v) is 3.42. The van der Waals surface area contributed by atoms with Gasteiger partial charge in [-0.15, -0.1) is 18.3 Å². The Labute approximate surface area is 161 Å². The maximum absolute atomic E-state index is 12.1. The second-order valence-electron chi connectivity index (χ2n) is 5.50. The second kappa shape index (κ2) is 8.37. The molecule has 0 fully saturated rings. The van der Waals surface area contributed by atoms with E-state index in [1.807, 2.05) is 0 Å². The van der Waals surface area contributed by atoms with Gasteiger partial charge in [-0.05, 0) is 59.0 Å². The van der Waals surface area contributed by atoms with Crippen molar-refractivity contribution < 1.29 is 32.2 Å². The molecule has 9 nitrogen and oxygen atoms in total. The topological polar surface area (TPSA) is 108 Å². The molecule has 0 spiro atoms. The molecule has 3 rings (SSSR count). The summed E-state index contributed by atoms with van der Waals surface area (Å²) >= 11 is 0. The largest absolute Gasteiger partial charge is 0.573 e. The highest BCUT2D eigenvalue weighted by atomic mass is 19.4. The lowest BCUT2D eigenvalue weighted by atomic mass is 10.2. The number of carbonyl (C=O) groups excluding carboxylic acids is 2. The molecule has 12 heteroatoms. The number of aromatic nitrogens is 4. The molecule has 1 N–H and O–H groups in total. The average molecular weight is 407 g/mol. The Hall–Kier alpha value is -3.96. The maximum atomic E-state index is 12.1. The Morgan fingerprint density at radius 2 is 1.72 bits per heavy atom. The molecule has 1 heterocycles. The van der Waals surface area contributed by atoms with E-state index < -0.39 is 30.6 Å². The van der Waals surface area contributed by atoms with Crippen molar-refractivity contribution in [3.8, 4) is 11.4 Å². The minimum absolute atomic E-state index is 0.211. The van der Waals surface area contributed by atoms with E-state index in [1.165, 1.54) is 35.3 Å². The van der Waals surface area contributed by atoms with Crippen molar-refractivity contribution in [3.63, 3.8) is 0 Å². The monoisotopic (exact) mass is 407 g/mol. The summed E-state index contributed by atoms with van der Waals surface area (Å²) in [6, 6.07) is 10.7. The molecular weight excluding hydrogens is 395 g/mol. The van der Waals surface area contributed by atoms with E-state index in [2.05, 4.69) is 25.6 Å². The molecule has 0 radical (unpaired) electrons. The van der Waals surface area contributed by atoms with Gasteiger partial charge in [0.15, 0.2) is 6.61 Å². The second-order valence-corrected chi connectivity index (χ2v) is 5.50. The van der Waals surface area contributed by atoms with Gasteiger partial charge in [-0.3, -0.25) is 4.79 Å². The number of halogens is 3. The van der Waals surface area contributed by atoms with Gasteiger partial charge in [-0.2, -0.15) is 0 Å². The molecule has 29 heavy (non-hydrogen) atoms. The van der Waals surface area contributed by atoms with Crippen molar-refractivity contribution in [1.82, 2.24) is 20.2 Å². The zero-order valence-corrected chi connectivity index (χ0v) is 14.5. The number of benzene rings is 2. The lowest BCUT2D eigenvalue weighted by Crippen LogP contribution is -2.21. The van der Waals surface area contributed by atoms with Crippen LogP contribution in [0, 0.1) is 0 Å². The van der Waals surface area contributed by atoms with Crippen LogP contribution in [0.1, 0.15) is 10.4 Å². The average Bonchev–Trinajstić information content (AvgIpc) is 3.21. The van der Waals surface area contributed by atoms with E-state index >= 15 is 0 Å². The standard InChI is InChI=1S/C17H12F3N5O4/c18-17(19,20)29-14-7-3-12(4-8-14)22-15(26)9-28-16(27)11-1-5-13(6-2-11)25-10-21-23-24-25/h1-8,10H,9H2,(H,22,26). The molecule has 0 saturated carbocycles.